The molecule has 1 aromatic carbocycles. The van der Waals surface area contributed by atoms with Gasteiger partial charge in [-0.2, -0.15) is 18.3 Å². The Kier molecular flexibility index (Phi) is 2.89. The van der Waals surface area contributed by atoms with E-state index in [1.54, 1.807) is 30.2 Å². The van der Waals surface area contributed by atoms with Gasteiger partial charge in [-0.1, -0.05) is 17.4 Å². The number of hydrogen-bond acceptors (Lipinski definition) is 4. The van der Waals surface area contributed by atoms with Gasteiger partial charge in [0, 0.05) is 13.2 Å². The number of benzene rings is 1. The predicted molar refractivity (Wildman–Crippen MR) is 71.1 cm³/mol. The molecule has 0 spiro atoms. The van der Waals surface area contributed by atoms with Crippen LogP contribution in [0.4, 0.5) is 24.0 Å². The van der Waals surface area contributed by atoms with Crippen molar-refractivity contribution in [2.45, 2.75) is 6.18 Å². The van der Waals surface area contributed by atoms with Crippen LogP contribution in [0, 0.1) is 0 Å². The lowest BCUT2D eigenvalue weighted by Gasteiger charge is -2.05. The number of fused-ring (bicyclic) bond motifs is 1. The van der Waals surface area contributed by atoms with E-state index in [2.05, 4.69) is 15.4 Å². The third kappa shape index (κ3) is 2.34. The van der Waals surface area contributed by atoms with Crippen LogP contribution >= 0.6 is 11.3 Å². The molecule has 0 atom stereocenters. The number of hydrogen-bond donors (Lipinski definition) is 1. The number of aromatic nitrogens is 3. The summed E-state index contributed by atoms with van der Waals surface area (Å²) in [5.74, 6) is 0. The third-order valence-electron chi connectivity index (χ3n) is 2.68. The van der Waals surface area contributed by atoms with E-state index < -0.39 is 11.7 Å². The molecule has 0 amide bonds. The summed E-state index contributed by atoms with van der Waals surface area (Å²) in [5, 5.41) is 7.33. The highest BCUT2D eigenvalue weighted by atomic mass is 32.1. The third-order valence-corrected chi connectivity index (χ3v) is 3.62. The Morgan fingerprint density at radius 3 is 2.75 bits per heavy atom. The fourth-order valence-electron chi connectivity index (χ4n) is 1.84. The zero-order valence-electron chi connectivity index (χ0n) is 10.3. The van der Waals surface area contributed by atoms with Crippen molar-refractivity contribution in [2.24, 2.45) is 7.05 Å². The smallest absolute Gasteiger partial charge is 0.329 e. The molecule has 1 N–H and O–H groups in total. The molecule has 20 heavy (non-hydrogen) atoms. The quantitative estimate of drug-likeness (QED) is 0.782. The van der Waals surface area contributed by atoms with E-state index >= 15 is 0 Å². The van der Waals surface area contributed by atoms with Gasteiger partial charge >= 0.3 is 6.18 Å². The average molecular weight is 298 g/mol. The predicted octanol–water partition coefficient (Wildman–Crippen LogP) is 3.79. The highest BCUT2D eigenvalue weighted by Crippen LogP contribution is 2.37. The molecule has 8 heteroatoms. The molecule has 2 aromatic heterocycles. The van der Waals surface area contributed by atoms with Gasteiger partial charge in [0.05, 0.1) is 27.7 Å². The first kappa shape index (κ1) is 12.9. The van der Waals surface area contributed by atoms with Crippen LogP contribution in [0.15, 0.2) is 30.6 Å². The van der Waals surface area contributed by atoms with Gasteiger partial charge in [-0.05, 0) is 12.1 Å². The van der Waals surface area contributed by atoms with Gasteiger partial charge < -0.3 is 5.32 Å². The highest BCUT2D eigenvalue weighted by Gasteiger charge is 2.33. The molecule has 0 aliphatic carbocycles. The maximum absolute atomic E-state index is 12.9. The van der Waals surface area contributed by atoms with E-state index in [1.165, 1.54) is 17.4 Å². The van der Waals surface area contributed by atoms with Gasteiger partial charge in [0.25, 0.3) is 0 Å². The first-order chi connectivity index (χ1) is 9.43. The van der Waals surface area contributed by atoms with E-state index in [-0.39, 0.29) is 5.52 Å². The normalized spacial score (nSPS) is 12.0. The lowest BCUT2D eigenvalue weighted by atomic mass is 10.2. The Balaban J connectivity index is 2.02. The summed E-state index contributed by atoms with van der Waals surface area (Å²) in [5.41, 5.74) is -0.0676. The Morgan fingerprint density at radius 1 is 1.30 bits per heavy atom. The number of rotatable bonds is 2. The van der Waals surface area contributed by atoms with Crippen LogP contribution < -0.4 is 5.32 Å². The molecule has 3 rings (SSSR count). The number of alkyl halides is 3. The molecule has 0 aliphatic rings. The van der Waals surface area contributed by atoms with Crippen molar-refractivity contribution in [3.8, 4) is 0 Å². The minimum atomic E-state index is -4.40. The van der Waals surface area contributed by atoms with Crippen LogP contribution in [0.5, 0.6) is 0 Å². The minimum absolute atomic E-state index is 0.0311. The Morgan fingerprint density at radius 2 is 2.10 bits per heavy atom. The van der Waals surface area contributed by atoms with E-state index in [1.807, 2.05) is 0 Å². The summed E-state index contributed by atoms with van der Waals surface area (Å²) in [7, 11) is 1.76. The SMILES string of the molecule is Cn1cc(Nc2nc3c(C(F)(F)F)cccc3s2)cn1. The summed E-state index contributed by atoms with van der Waals surface area (Å²) < 4.78 is 40.8. The summed E-state index contributed by atoms with van der Waals surface area (Å²) in [4.78, 5) is 4.03. The number of aryl methyl sites for hydroxylation is 1. The van der Waals surface area contributed by atoms with Gasteiger partial charge in [0.15, 0.2) is 5.13 Å². The molecule has 0 saturated carbocycles. The molecule has 0 fully saturated rings. The topological polar surface area (TPSA) is 42.7 Å². The van der Waals surface area contributed by atoms with Crippen LogP contribution in [0.1, 0.15) is 5.56 Å². The van der Waals surface area contributed by atoms with Crippen molar-refractivity contribution in [3.63, 3.8) is 0 Å². The molecule has 0 aliphatic heterocycles. The molecule has 0 saturated heterocycles. The van der Waals surface area contributed by atoms with E-state index in [4.69, 9.17) is 0 Å². The Labute approximate surface area is 115 Å². The Bertz CT molecular complexity index is 759. The van der Waals surface area contributed by atoms with Crippen molar-refractivity contribution in [3.05, 3.63) is 36.2 Å². The zero-order valence-corrected chi connectivity index (χ0v) is 11.1. The van der Waals surface area contributed by atoms with Crippen molar-refractivity contribution in [2.75, 3.05) is 5.32 Å². The first-order valence-electron chi connectivity index (χ1n) is 5.66. The number of nitrogens with zero attached hydrogens (tertiary/aromatic N) is 3. The molecule has 0 unspecified atom stereocenters. The molecule has 0 radical (unpaired) electrons. The van der Waals surface area contributed by atoms with Gasteiger partial charge in [-0.3, -0.25) is 4.68 Å². The molecule has 4 nitrogen and oxygen atoms in total. The molecule has 0 bridgehead atoms. The molecular weight excluding hydrogens is 289 g/mol. The van der Waals surface area contributed by atoms with Gasteiger partial charge in [-0.15, -0.1) is 0 Å². The summed E-state index contributed by atoms with van der Waals surface area (Å²) in [6, 6.07) is 4.05. The van der Waals surface area contributed by atoms with Crippen LogP contribution in [-0.2, 0) is 13.2 Å². The van der Waals surface area contributed by atoms with Gasteiger partial charge in [0.2, 0.25) is 0 Å². The number of anilines is 2. The maximum atomic E-state index is 12.9. The monoisotopic (exact) mass is 298 g/mol. The van der Waals surface area contributed by atoms with Crippen LogP contribution in [0.2, 0.25) is 0 Å². The number of thiazole rings is 1. The van der Waals surface area contributed by atoms with E-state index in [9.17, 15) is 13.2 Å². The fourth-order valence-corrected chi connectivity index (χ4v) is 2.75. The van der Waals surface area contributed by atoms with Crippen molar-refractivity contribution < 1.29 is 13.2 Å². The minimum Gasteiger partial charge on any atom is -0.329 e. The van der Waals surface area contributed by atoms with E-state index in [0.29, 0.717) is 15.5 Å². The second-order valence-electron chi connectivity index (χ2n) is 4.20. The summed E-state index contributed by atoms with van der Waals surface area (Å²) in [6.07, 6.45) is -1.10. The molecule has 3 aromatic rings. The highest BCUT2D eigenvalue weighted by molar-refractivity contribution is 7.22. The first-order valence-corrected chi connectivity index (χ1v) is 6.47. The van der Waals surface area contributed by atoms with Crippen LogP contribution in [-0.4, -0.2) is 14.8 Å². The van der Waals surface area contributed by atoms with Crippen molar-refractivity contribution >= 4 is 32.4 Å². The van der Waals surface area contributed by atoms with Crippen LogP contribution in [0.25, 0.3) is 10.2 Å². The average Bonchev–Trinajstić information content (AvgIpc) is 2.93. The lowest BCUT2D eigenvalue weighted by molar-refractivity contribution is -0.136. The second-order valence-corrected chi connectivity index (χ2v) is 5.23. The van der Waals surface area contributed by atoms with Crippen molar-refractivity contribution in [1.29, 1.82) is 0 Å². The lowest BCUT2D eigenvalue weighted by Crippen LogP contribution is -2.05. The Hall–Kier alpha value is -2.09. The molecular formula is C12H9F3N4S. The maximum Gasteiger partial charge on any atom is 0.418 e. The van der Waals surface area contributed by atoms with Gasteiger partial charge in [-0.25, -0.2) is 4.98 Å². The zero-order chi connectivity index (χ0) is 14.3. The molecule has 2 heterocycles. The van der Waals surface area contributed by atoms with Crippen LogP contribution in [0.3, 0.4) is 0 Å². The number of halogens is 3. The molecule has 104 valence electrons. The number of para-hydroxylation sites is 1. The van der Waals surface area contributed by atoms with Gasteiger partial charge in [0.1, 0.15) is 0 Å². The number of nitrogens with one attached hydrogen (secondary N) is 1. The second kappa shape index (κ2) is 4.48. The van der Waals surface area contributed by atoms with Crippen molar-refractivity contribution in [1.82, 2.24) is 14.8 Å². The van der Waals surface area contributed by atoms with E-state index in [0.717, 1.165) is 6.07 Å². The summed E-state index contributed by atoms with van der Waals surface area (Å²) >= 11 is 1.17. The largest absolute Gasteiger partial charge is 0.418 e. The standard InChI is InChI=1S/C12H9F3N4S/c1-19-6-7(5-16-19)17-11-18-10-8(12(13,14)15)3-2-4-9(10)20-11/h2-6H,1H3,(H,17,18). The summed E-state index contributed by atoms with van der Waals surface area (Å²) in [6.45, 7) is 0. The fraction of sp³-hybridized carbons (Fsp3) is 0.167.